The van der Waals surface area contributed by atoms with Gasteiger partial charge in [-0.1, -0.05) is 24.3 Å². The standard InChI is InChI=1S/C15H16FNO2/c1-19-13-7-6-11(14(16)8-13)9-17-10-12-4-2-3-5-15(12)18/h2-8,17-18H,9-10H2,1H3. The number of ether oxygens (including phenoxy) is 1. The molecular weight excluding hydrogens is 245 g/mol. The van der Waals surface area contributed by atoms with Crippen molar-refractivity contribution in [3.8, 4) is 11.5 Å². The van der Waals surface area contributed by atoms with Crippen LogP contribution in [0.15, 0.2) is 42.5 Å². The number of para-hydroxylation sites is 1. The quantitative estimate of drug-likeness (QED) is 0.869. The van der Waals surface area contributed by atoms with Gasteiger partial charge in [0.2, 0.25) is 0 Å². The third kappa shape index (κ3) is 3.45. The van der Waals surface area contributed by atoms with Crippen LogP contribution < -0.4 is 10.1 Å². The van der Waals surface area contributed by atoms with Crippen LogP contribution in [0, 0.1) is 5.82 Å². The van der Waals surface area contributed by atoms with E-state index in [2.05, 4.69) is 5.32 Å². The molecule has 0 aliphatic heterocycles. The second-order valence-electron chi connectivity index (χ2n) is 4.19. The molecule has 0 atom stereocenters. The molecule has 0 aliphatic rings. The number of phenolic OH excluding ortho intramolecular Hbond substituents is 1. The second-order valence-corrected chi connectivity index (χ2v) is 4.19. The summed E-state index contributed by atoms with van der Waals surface area (Å²) in [7, 11) is 1.50. The van der Waals surface area contributed by atoms with Crippen molar-refractivity contribution in [3.63, 3.8) is 0 Å². The largest absolute Gasteiger partial charge is 0.508 e. The van der Waals surface area contributed by atoms with Crippen LogP contribution in [-0.4, -0.2) is 12.2 Å². The first-order valence-corrected chi connectivity index (χ1v) is 6.00. The Balaban J connectivity index is 1.94. The Morgan fingerprint density at radius 3 is 2.53 bits per heavy atom. The average molecular weight is 261 g/mol. The minimum absolute atomic E-state index is 0.241. The summed E-state index contributed by atoms with van der Waals surface area (Å²) in [5.41, 5.74) is 1.35. The van der Waals surface area contributed by atoms with Crippen molar-refractivity contribution in [1.29, 1.82) is 0 Å². The molecule has 3 nitrogen and oxygen atoms in total. The molecule has 0 spiro atoms. The van der Waals surface area contributed by atoms with Gasteiger partial charge in [-0.25, -0.2) is 4.39 Å². The number of phenols is 1. The molecule has 0 saturated heterocycles. The Hall–Kier alpha value is -2.07. The van der Waals surface area contributed by atoms with Crippen molar-refractivity contribution >= 4 is 0 Å². The van der Waals surface area contributed by atoms with Crippen LogP contribution in [0.3, 0.4) is 0 Å². The van der Waals surface area contributed by atoms with Gasteiger partial charge in [0.05, 0.1) is 7.11 Å². The fraction of sp³-hybridized carbons (Fsp3) is 0.200. The summed E-state index contributed by atoms with van der Waals surface area (Å²) in [4.78, 5) is 0. The highest BCUT2D eigenvalue weighted by Gasteiger charge is 2.04. The Kier molecular flexibility index (Phi) is 4.36. The molecule has 2 aromatic carbocycles. The molecule has 0 aliphatic carbocycles. The van der Waals surface area contributed by atoms with E-state index in [1.54, 1.807) is 24.3 Å². The third-order valence-corrected chi connectivity index (χ3v) is 2.88. The topological polar surface area (TPSA) is 41.5 Å². The van der Waals surface area contributed by atoms with Crippen molar-refractivity contribution in [2.45, 2.75) is 13.1 Å². The van der Waals surface area contributed by atoms with Gasteiger partial charge in [-0.2, -0.15) is 0 Å². The van der Waals surface area contributed by atoms with Gasteiger partial charge < -0.3 is 15.2 Å². The van der Waals surface area contributed by atoms with Crippen LogP contribution >= 0.6 is 0 Å². The summed E-state index contributed by atoms with van der Waals surface area (Å²) in [6, 6.07) is 11.8. The Morgan fingerprint density at radius 1 is 1.11 bits per heavy atom. The van der Waals surface area contributed by atoms with Gasteiger partial charge in [0.1, 0.15) is 17.3 Å². The zero-order valence-corrected chi connectivity index (χ0v) is 10.7. The molecule has 0 heterocycles. The number of hydrogen-bond donors (Lipinski definition) is 2. The van der Waals surface area contributed by atoms with Crippen molar-refractivity contribution in [2.24, 2.45) is 0 Å². The summed E-state index contributed by atoms with van der Waals surface area (Å²) in [6.07, 6.45) is 0. The minimum Gasteiger partial charge on any atom is -0.508 e. The lowest BCUT2D eigenvalue weighted by Gasteiger charge is -2.08. The summed E-state index contributed by atoms with van der Waals surface area (Å²) < 4.78 is 18.6. The van der Waals surface area contributed by atoms with Gasteiger partial charge in [0.25, 0.3) is 0 Å². The van der Waals surface area contributed by atoms with Crippen molar-refractivity contribution in [2.75, 3.05) is 7.11 Å². The first-order chi connectivity index (χ1) is 9.20. The van der Waals surface area contributed by atoms with Crippen LogP contribution in [-0.2, 0) is 13.1 Å². The SMILES string of the molecule is COc1ccc(CNCc2ccccc2O)c(F)c1. The lowest BCUT2D eigenvalue weighted by atomic mass is 10.1. The van der Waals surface area contributed by atoms with Crippen molar-refractivity contribution in [3.05, 3.63) is 59.4 Å². The first-order valence-electron chi connectivity index (χ1n) is 6.00. The van der Waals surface area contributed by atoms with Crippen LogP contribution in [0.25, 0.3) is 0 Å². The lowest BCUT2D eigenvalue weighted by Crippen LogP contribution is -2.13. The highest BCUT2D eigenvalue weighted by Crippen LogP contribution is 2.17. The fourth-order valence-corrected chi connectivity index (χ4v) is 1.79. The molecule has 0 saturated carbocycles. The summed E-state index contributed by atoms with van der Waals surface area (Å²) >= 11 is 0. The Labute approximate surface area is 111 Å². The molecule has 0 bridgehead atoms. The predicted molar refractivity (Wildman–Crippen MR) is 71.6 cm³/mol. The molecule has 2 aromatic rings. The van der Waals surface area contributed by atoms with E-state index < -0.39 is 0 Å². The molecule has 0 fully saturated rings. The molecule has 0 unspecified atom stereocenters. The number of aromatic hydroxyl groups is 1. The van der Waals surface area contributed by atoms with E-state index >= 15 is 0 Å². The van der Waals surface area contributed by atoms with Gasteiger partial charge >= 0.3 is 0 Å². The smallest absolute Gasteiger partial charge is 0.131 e. The number of rotatable bonds is 5. The number of hydrogen-bond acceptors (Lipinski definition) is 3. The zero-order valence-electron chi connectivity index (χ0n) is 10.7. The Bertz CT molecular complexity index is 558. The maximum Gasteiger partial charge on any atom is 0.131 e. The van der Waals surface area contributed by atoms with E-state index in [1.807, 2.05) is 12.1 Å². The summed E-state index contributed by atoms with van der Waals surface area (Å²) in [5.74, 6) is 0.441. The highest BCUT2D eigenvalue weighted by molar-refractivity contribution is 5.32. The molecular formula is C15H16FNO2. The normalized spacial score (nSPS) is 10.4. The van der Waals surface area contributed by atoms with E-state index in [4.69, 9.17) is 4.74 Å². The van der Waals surface area contributed by atoms with Crippen molar-refractivity contribution in [1.82, 2.24) is 5.32 Å². The highest BCUT2D eigenvalue weighted by atomic mass is 19.1. The third-order valence-electron chi connectivity index (χ3n) is 2.88. The minimum atomic E-state index is -0.302. The molecule has 4 heteroatoms. The molecule has 2 rings (SSSR count). The Morgan fingerprint density at radius 2 is 1.84 bits per heavy atom. The maximum atomic E-state index is 13.7. The number of methoxy groups -OCH3 is 1. The number of halogens is 1. The van der Waals surface area contributed by atoms with Gasteiger partial charge in [-0.05, 0) is 12.1 Å². The molecule has 2 N–H and O–H groups in total. The van der Waals surface area contributed by atoms with E-state index in [0.717, 1.165) is 5.56 Å². The fourth-order valence-electron chi connectivity index (χ4n) is 1.79. The van der Waals surface area contributed by atoms with Gasteiger partial charge in [0, 0.05) is 30.3 Å². The molecule has 0 aromatic heterocycles. The molecule has 19 heavy (non-hydrogen) atoms. The number of nitrogens with one attached hydrogen (secondary N) is 1. The van der Waals surface area contributed by atoms with Crippen LogP contribution in [0.2, 0.25) is 0 Å². The predicted octanol–water partition coefficient (Wildman–Crippen LogP) is 2.83. The molecule has 100 valence electrons. The van der Waals surface area contributed by atoms with Gasteiger partial charge in [0.15, 0.2) is 0 Å². The average Bonchev–Trinajstić information content (AvgIpc) is 2.42. The van der Waals surface area contributed by atoms with E-state index in [9.17, 15) is 9.50 Å². The first kappa shape index (κ1) is 13.4. The van der Waals surface area contributed by atoms with E-state index in [-0.39, 0.29) is 11.6 Å². The maximum absolute atomic E-state index is 13.7. The van der Waals surface area contributed by atoms with Crippen molar-refractivity contribution < 1.29 is 14.2 Å². The molecule has 0 radical (unpaired) electrons. The second kappa shape index (κ2) is 6.20. The summed E-state index contributed by atoms with van der Waals surface area (Å²) in [5, 5.41) is 12.7. The van der Waals surface area contributed by atoms with Crippen LogP contribution in [0.5, 0.6) is 11.5 Å². The summed E-state index contributed by atoms with van der Waals surface area (Å²) in [6.45, 7) is 0.877. The lowest BCUT2D eigenvalue weighted by molar-refractivity contribution is 0.410. The van der Waals surface area contributed by atoms with Gasteiger partial charge in [-0.3, -0.25) is 0 Å². The zero-order chi connectivity index (χ0) is 13.7. The number of benzene rings is 2. The van der Waals surface area contributed by atoms with Gasteiger partial charge in [-0.15, -0.1) is 0 Å². The van der Waals surface area contributed by atoms with Crippen LogP contribution in [0.4, 0.5) is 4.39 Å². The van der Waals surface area contributed by atoms with E-state index in [1.165, 1.54) is 13.2 Å². The monoisotopic (exact) mass is 261 g/mol. The van der Waals surface area contributed by atoms with Crippen LogP contribution in [0.1, 0.15) is 11.1 Å². The van der Waals surface area contributed by atoms with E-state index in [0.29, 0.717) is 24.4 Å². The molecule has 0 amide bonds.